The van der Waals surface area contributed by atoms with Crippen molar-refractivity contribution >= 4 is 17.1 Å². The van der Waals surface area contributed by atoms with E-state index < -0.39 is 12.0 Å². The van der Waals surface area contributed by atoms with Crippen molar-refractivity contribution in [2.45, 2.75) is 59.4 Å². The lowest BCUT2D eigenvalue weighted by Gasteiger charge is -2.23. The molecule has 2 aromatic heterocycles. The van der Waals surface area contributed by atoms with Crippen LogP contribution in [0.5, 0.6) is 0 Å². The van der Waals surface area contributed by atoms with E-state index in [2.05, 4.69) is 18.8 Å². The van der Waals surface area contributed by atoms with Gasteiger partial charge in [0, 0.05) is 12.1 Å². The third-order valence-electron chi connectivity index (χ3n) is 4.21. The number of aryl methyl sites for hydroxylation is 1. The molecule has 0 aliphatic heterocycles. The lowest BCUT2D eigenvalue weighted by Crippen LogP contribution is -2.27. The van der Waals surface area contributed by atoms with Gasteiger partial charge in [0.25, 0.3) is 0 Å². The second kappa shape index (κ2) is 6.46. The van der Waals surface area contributed by atoms with Crippen LogP contribution in [0.1, 0.15) is 63.9 Å². The third-order valence-corrected chi connectivity index (χ3v) is 4.21. The summed E-state index contributed by atoms with van der Waals surface area (Å²) >= 11 is 0. The Kier molecular flexibility index (Phi) is 4.84. The van der Waals surface area contributed by atoms with E-state index in [4.69, 9.17) is 4.98 Å². The van der Waals surface area contributed by atoms with Crippen molar-refractivity contribution in [2.24, 2.45) is 5.92 Å². The minimum absolute atomic E-state index is 0.0360. The first-order chi connectivity index (χ1) is 10.4. The molecule has 2 heterocycles. The van der Waals surface area contributed by atoms with E-state index in [9.17, 15) is 9.90 Å². The maximum atomic E-state index is 11.8. The van der Waals surface area contributed by atoms with Crippen LogP contribution in [0.15, 0.2) is 12.3 Å². The van der Waals surface area contributed by atoms with Crippen molar-refractivity contribution in [3.05, 3.63) is 23.7 Å². The summed E-state index contributed by atoms with van der Waals surface area (Å²) in [5.74, 6) is 0.226. The van der Waals surface area contributed by atoms with Crippen molar-refractivity contribution in [1.29, 1.82) is 0 Å². The fourth-order valence-electron chi connectivity index (χ4n) is 3.01. The summed E-state index contributed by atoms with van der Waals surface area (Å²) in [6.45, 7) is 10.0. The molecule has 2 rings (SSSR count). The van der Waals surface area contributed by atoms with Gasteiger partial charge in [-0.3, -0.25) is 4.57 Å². The van der Waals surface area contributed by atoms with Gasteiger partial charge in [-0.25, -0.2) is 14.8 Å². The highest BCUT2D eigenvalue weighted by atomic mass is 16.4. The van der Waals surface area contributed by atoms with Gasteiger partial charge in [0.2, 0.25) is 0 Å². The zero-order chi connectivity index (χ0) is 16.4. The molecule has 0 aromatic carbocycles. The second-order valence-electron chi connectivity index (χ2n) is 6.24. The fourth-order valence-corrected chi connectivity index (χ4v) is 3.01. The monoisotopic (exact) mass is 303 g/mol. The predicted molar refractivity (Wildman–Crippen MR) is 87.1 cm³/mol. The third kappa shape index (κ3) is 2.85. The van der Waals surface area contributed by atoms with Crippen LogP contribution < -0.4 is 0 Å². The van der Waals surface area contributed by atoms with Crippen LogP contribution in [0.25, 0.3) is 11.2 Å². The van der Waals surface area contributed by atoms with E-state index in [1.807, 2.05) is 31.4 Å². The van der Waals surface area contributed by atoms with Gasteiger partial charge in [0.1, 0.15) is 17.4 Å². The molecule has 1 atom stereocenters. The number of hydrogen-bond acceptors (Lipinski definition) is 3. The van der Waals surface area contributed by atoms with Crippen LogP contribution in [-0.2, 0) is 4.79 Å². The molecule has 22 heavy (non-hydrogen) atoms. The molecule has 0 spiro atoms. The molecule has 0 radical (unpaired) electrons. The number of aromatic nitrogens is 3. The molecular weight excluding hydrogens is 278 g/mol. The summed E-state index contributed by atoms with van der Waals surface area (Å²) in [4.78, 5) is 21.0. The topological polar surface area (TPSA) is 68.0 Å². The molecule has 0 bridgehead atoms. The molecule has 0 aliphatic carbocycles. The van der Waals surface area contributed by atoms with E-state index in [0.717, 1.165) is 29.7 Å². The SMILES string of the molecule is CCC(CC)c1nc2cc(C)cnc2n1C(C(=O)O)C(C)C. The molecule has 5 nitrogen and oxygen atoms in total. The molecule has 1 N–H and O–H groups in total. The minimum Gasteiger partial charge on any atom is -0.480 e. The Hall–Kier alpha value is -1.91. The van der Waals surface area contributed by atoms with Gasteiger partial charge in [-0.15, -0.1) is 0 Å². The summed E-state index contributed by atoms with van der Waals surface area (Å²) in [7, 11) is 0. The number of rotatable bonds is 6. The average molecular weight is 303 g/mol. The number of carboxylic acids is 1. The maximum absolute atomic E-state index is 11.8. The lowest BCUT2D eigenvalue weighted by atomic mass is 9.99. The molecule has 0 fully saturated rings. The zero-order valence-electron chi connectivity index (χ0n) is 14.0. The molecular formula is C17H25N3O2. The highest BCUT2D eigenvalue weighted by Crippen LogP contribution is 2.32. The second-order valence-corrected chi connectivity index (χ2v) is 6.24. The van der Waals surface area contributed by atoms with Crippen LogP contribution in [-0.4, -0.2) is 25.6 Å². The summed E-state index contributed by atoms with van der Waals surface area (Å²) in [6, 6.07) is 1.33. The Balaban J connectivity index is 2.76. The van der Waals surface area contributed by atoms with Crippen LogP contribution in [0.2, 0.25) is 0 Å². The van der Waals surface area contributed by atoms with E-state index in [1.54, 1.807) is 6.20 Å². The number of carboxylic acid groups (broad SMARTS) is 1. The molecule has 2 aromatic rings. The highest BCUT2D eigenvalue weighted by molar-refractivity contribution is 5.78. The van der Waals surface area contributed by atoms with Gasteiger partial charge >= 0.3 is 5.97 Å². The van der Waals surface area contributed by atoms with Crippen LogP contribution in [0, 0.1) is 12.8 Å². The quantitative estimate of drug-likeness (QED) is 0.878. The maximum Gasteiger partial charge on any atom is 0.327 e. The van der Waals surface area contributed by atoms with Crippen molar-refractivity contribution in [3.8, 4) is 0 Å². The first-order valence-corrected chi connectivity index (χ1v) is 7.97. The Morgan fingerprint density at radius 3 is 2.45 bits per heavy atom. The summed E-state index contributed by atoms with van der Waals surface area (Å²) in [6.07, 6.45) is 3.64. The van der Waals surface area contributed by atoms with E-state index in [1.165, 1.54) is 0 Å². The first-order valence-electron chi connectivity index (χ1n) is 7.97. The highest BCUT2D eigenvalue weighted by Gasteiger charge is 2.30. The minimum atomic E-state index is -0.830. The van der Waals surface area contributed by atoms with Crippen molar-refractivity contribution in [2.75, 3.05) is 0 Å². The standard InChI is InChI=1S/C17H25N3O2/c1-6-12(7-2)15-19-13-8-11(5)9-18-16(13)20(15)14(10(3)4)17(21)22/h8-10,12,14H,6-7H2,1-5H3,(H,21,22). The van der Waals surface area contributed by atoms with Crippen LogP contribution in [0.3, 0.4) is 0 Å². The van der Waals surface area contributed by atoms with E-state index in [-0.39, 0.29) is 11.8 Å². The van der Waals surface area contributed by atoms with Gasteiger partial charge < -0.3 is 5.11 Å². The number of nitrogens with zero attached hydrogens (tertiary/aromatic N) is 3. The van der Waals surface area contributed by atoms with Gasteiger partial charge in [0.05, 0.1) is 0 Å². The molecule has 0 saturated heterocycles. The number of aliphatic carboxylic acids is 1. The summed E-state index contributed by atoms with van der Waals surface area (Å²) in [5, 5.41) is 9.70. The lowest BCUT2D eigenvalue weighted by molar-refractivity contribution is -0.142. The number of hydrogen-bond donors (Lipinski definition) is 1. The van der Waals surface area contributed by atoms with E-state index >= 15 is 0 Å². The Bertz CT molecular complexity index is 672. The molecule has 1 unspecified atom stereocenters. The number of carbonyl (C=O) groups is 1. The van der Waals surface area contributed by atoms with Gasteiger partial charge in [-0.1, -0.05) is 27.7 Å². The van der Waals surface area contributed by atoms with Crippen molar-refractivity contribution < 1.29 is 9.90 Å². The molecule has 120 valence electrons. The predicted octanol–water partition coefficient (Wildman–Crippen LogP) is 3.93. The largest absolute Gasteiger partial charge is 0.480 e. The smallest absolute Gasteiger partial charge is 0.327 e. The van der Waals surface area contributed by atoms with E-state index in [0.29, 0.717) is 5.65 Å². The van der Waals surface area contributed by atoms with Gasteiger partial charge in [-0.05, 0) is 37.3 Å². The molecule has 5 heteroatoms. The average Bonchev–Trinajstić information content (AvgIpc) is 2.78. The van der Waals surface area contributed by atoms with Crippen molar-refractivity contribution in [1.82, 2.24) is 14.5 Å². The van der Waals surface area contributed by atoms with Crippen molar-refractivity contribution in [3.63, 3.8) is 0 Å². The Morgan fingerprint density at radius 2 is 1.95 bits per heavy atom. The number of fused-ring (bicyclic) bond motifs is 1. The fraction of sp³-hybridized carbons (Fsp3) is 0.588. The Labute approximate surface area is 131 Å². The van der Waals surface area contributed by atoms with Gasteiger partial charge in [0.15, 0.2) is 5.65 Å². The van der Waals surface area contributed by atoms with Gasteiger partial charge in [-0.2, -0.15) is 0 Å². The molecule has 0 saturated carbocycles. The van der Waals surface area contributed by atoms with Crippen LogP contribution in [0.4, 0.5) is 0 Å². The molecule has 0 aliphatic rings. The zero-order valence-corrected chi connectivity index (χ0v) is 14.0. The van der Waals surface area contributed by atoms with Crippen LogP contribution >= 0.6 is 0 Å². The number of pyridine rings is 1. The first kappa shape index (κ1) is 16.5. The molecule has 0 amide bonds. The summed E-state index contributed by atoms with van der Waals surface area (Å²) in [5.41, 5.74) is 2.49. The Morgan fingerprint density at radius 1 is 1.32 bits per heavy atom. The number of imidazole rings is 1. The summed E-state index contributed by atoms with van der Waals surface area (Å²) < 4.78 is 1.85. The normalized spacial score (nSPS) is 13.2.